The molecular formula is C32H26Cl2N2O3S2. The Morgan fingerprint density at radius 2 is 1.44 bits per heavy atom. The van der Waals surface area contributed by atoms with Crippen LogP contribution in [0.1, 0.15) is 27.0 Å². The second kappa shape index (κ2) is 13.1. The van der Waals surface area contributed by atoms with Gasteiger partial charge < -0.3 is 14.5 Å². The SMILES string of the molecule is CON=C(C(=O)O)c1ccccc1Cn1c(C)c(C(Sc2ccc(Cl)cc2)Sc2ccc(Cl)cc2)c2ccccc21. The normalized spacial score (nSPS) is 11.8. The van der Waals surface area contributed by atoms with E-state index in [1.54, 1.807) is 35.7 Å². The van der Waals surface area contributed by atoms with Gasteiger partial charge in [0.2, 0.25) is 0 Å². The topological polar surface area (TPSA) is 63.8 Å². The summed E-state index contributed by atoms with van der Waals surface area (Å²) < 4.78 is 2.25. The van der Waals surface area contributed by atoms with Gasteiger partial charge >= 0.3 is 5.97 Å². The van der Waals surface area contributed by atoms with Gasteiger partial charge in [0, 0.05) is 54.1 Å². The summed E-state index contributed by atoms with van der Waals surface area (Å²) in [6.45, 7) is 2.58. The molecule has 0 fully saturated rings. The van der Waals surface area contributed by atoms with Crippen molar-refractivity contribution in [2.45, 2.75) is 27.8 Å². The van der Waals surface area contributed by atoms with Crippen molar-refractivity contribution in [3.05, 3.63) is 129 Å². The molecule has 5 aromatic rings. The van der Waals surface area contributed by atoms with Crippen LogP contribution < -0.4 is 0 Å². The zero-order valence-electron chi connectivity index (χ0n) is 22.3. The lowest BCUT2D eigenvalue weighted by atomic mass is 10.0. The Balaban J connectivity index is 1.63. The molecule has 1 aromatic heterocycles. The van der Waals surface area contributed by atoms with Gasteiger partial charge in [-0.25, -0.2) is 4.79 Å². The first-order valence-electron chi connectivity index (χ1n) is 12.7. The molecule has 0 aliphatic rings. The Kier molecular flexibility index (Phi) is 9.30. The van der Waals surface area contributed by atoms with Crippen LogP contribution in [0, 0.1) is 6.92 Å². The Bertz CT molecular complexity index is 1670. The molecule has 1 N–H and O–H groups in total. The third-order valence-corrected chi connectivity index (χ3v) is 9.68. The first-order valence-corrected chi connectivity index (χ1v) is 15.2. The lowest BCUT2D eigenvalue weighted by Gasteiger charge is -2.19. The fraction of sp³-hybridized carbons (Fsp3) is 0.125. The van der Waals surface area contributed by atoms with Crippen LogP contribution in [0.25, 0.3) is 10.9 Å². The predicted octanol–water partition coefficient (Wildman–Crippen LogP) is 9.32. The van der Waals surface area contributed by atoms with Crippen LogP contribution >= 0.6 is 46.7 Å². The van der Waals surface area contributed by atoms with Gasteiger partial charge in [0.1, 0.15) is 7.11 Å². The van der Waals surface area contributed by atoms with Gasteiger partial charge in [0.25, 0.3) is 0 Å². The molecule has 0 aliphatic carbocycles. The zero-order valence-corrected chi connectivity index (χ0v) is 25.4. The van der Waals surface area contributed by atoms with Crippen molar-refractivity contribution in [3.63, 3.8) is 0 Å². The number of rotatable bonds is 10. The number of nitrogens with zero attached hydrogens (tertiary/aromatic N) is 2. The average Bonchev–Trinajstić information content (AvgIpc) is 3.25. The standard InChI is InChI=1S/C32H26Cl2N2O3S2/c1-20-29(32(40-24-15-11-22(33)12-16-24)41-25-17-13-23(34)14-18-25)27-9-5-6-10-28(27)36(20)19-21-7-3-4-8-26(21)30(31(37)38)35-39-2/h3-18,32H,19H2,1-2H3,(H,37,38). The number of benzene rings is 4. The van der Waals surface area contributed by atoms with E-state index in [1.807, 2.05) is 72.8 Å². The average molecular weight is 622 g/mol. The second-order valence-corrected chi connectivity index (χ2v) is 12.7. The second-order valence-electron chi connectivity index (χ2n) is 9.16. The van der Waals surface area contributed by atoms with E-state index in [0.29, 0.717) is 22.2 Å². The molecule has 0 spiro atoms. The van der Waals surface area contributed by atoms with Gasteiger partial charge in [-0.1, -0.05) is 70.8 Å². The number of hydrogen-bond acceptors (Lipinski definition) is 5. The van der Waals surface area contributed by atoms with E-state index in [-0.39, 0.29) is 10.3 Å². The van der Waals surface area contributed by atoms with Gasteiger partial charge in [-0.05, 0) is 67.1 Å². The fourth-order valence-electron chi connectivity index (χ4n) is 4.73. The third-order valence-electron chi connectivity index (χ3n) is 6.61. The summed E-state index contributed by atoms with van der Waals surface area (Å²) in [5.74, 6) is -1.15. The van der Waals surface area contributed by atoms with Crippen LogP contribution in [0.2, 0.25) is 10.0 Å². The van der Waals surface area contributed by atoms with Gasteiger partial charge in [-0.3, -0.25) is 0 Å². The van der Waals surface area contributed by atoms with Crippen molar-refractivity contribution in [1.29, 1.82) is 0 Å². The van der Waals surface area contributed by atoms with Gasteiger partial charge in [-0.2, -0.15) is 0 Å². The molecule has 0 saturated carbocycles. The maximum Gasteiger partial charge on any atom is 0.358 e. The molecule has 5 rings (SSSR count). The van der Waals surface area contributed by atoms with Crippen molar-refractivity contribution in [1.82, 2.24) is 4.57 Å². The summed E-state index contributed by atoms with van der Waals surface area (Å²) in [4.78, 5) is 19.1. The van der Waals surface area contributed by atoms with E-state index < -0.39 is 5.97 Å². The number of oxime groups is 1. The molecule has 0 amide bonds. The highest BCUT2D eigenvalue weighted by Crippen LogP contribution is 2.51. The van der Waals surface area contributed by atoms with Crippen LogP contribution in [0.5, 0.6) is 0 Å². The third kappa shape index (κ3) is 6.60. The van der Waals surface area contributed by atoms with Crippen molar-refractivity contribution in [2.24, 2.45) is 5.16 Å². The van der Waals surface area contributed by atoms with Crippen molar-refractivity contribution >= 4 is 69.3 Å². The number of fused-ring (bicyclic) bond motifs is 1. The largest absolute Gasteiger partial charge is 0.476 e. The van der Waals surface area contributed by atoms with E-state index in [4.69, 9.17) is 28.0 Å². The number of aliphatic carboxylic acids is 1. The summed E-state index contributed by atoms with van der Waals surface area (Å²) in [7, 11) is 1.35. The van der Waals surface area contributed by atoms with E-state index in [9.17, 15) is 9.90 Å². The summed E-state index contributed by atoms with van der Waals surface area (Å²) in [5, 5.41) is 16.2. The molecule has 9 heteroatoms. The van der Waals surface area contributed by atoms with Crippen LogP contribution in [0.15, 0.2) is 112 Å². The highest BCUT2D eigenvalue weighted by atomic mass is 35.5. The van der Waals surface area contributed by atoms with Crippen molar-refractivity contribution in [2.75, 3.05) is 7.11 Å². The number of carboxylic acids is 1. The maximum absolute atomic E-state index is 12.0. The molecule has 0 bridgehead atoms. The molecule has 1 heterocycles. The summed E-state index contributed by atoms with van der Waals surface area (Å²) in [6.07, 6.45) is 0. The molecule has 41 heavy (non-hydrogen) atoms. The predicted molar refractivity (Wildman–Crippen MR) is 171 cm³/mol. The molecule has 0 saturated heterocycles. The highest BCUT2D eigenvalue weighted by molar-refractivity contribution is 8.16. The lowest BCUT2D eigenvalue weighted by molar-refractivity contribution is -0.129. The number of carboxylic acid groups (broad SMARTS) is 1. The Labute approximate surface area is 257 Å². The van der Waals surface area contributed by atoms with Crippen LogP contribution in [0.3, 0.4) is 0 Å². The first-order chi connectivity index (χ1) is 19.9. The van der Waals surface area contributed by atoms with Gasteiger partial charge in [-0.15, -0.1) is 23.5 Å². The lowest BCUT2D eigenvalue weighted by Crippen LogP contribution is -2.18. The number of carbonyl (C=O) groups is 1. The Morgan fingerprint density at radius 3 is 2.02 bits per heavy atom. The van der Waals surface area contributed by atoms with E-state index >= 15 is 0 Å². The number of para-hydroxylation sites is 1. The van der Waals surface area contributed by atoms with E-state index in [1.165, 1.54) is 12.7 Å². The maximum atomic E-state index is 12.0. The molecule has 4 aromatic carbocycles. The van der Waals surface area contributed by atoms with Crippen LogP contribution in [-0.4, -0.2) is 28.5 Å². The quantitative estimate of drug-likeness (QED) is 0.0729. The minimum absolute atomic E-state index is 0.00313. The molecule has 208 valence electrons. The molecular weight excluding hydrogens is 595 g/mol. The molecule has 0 radical (unpaired) electrons. The molecule has 5 nitrogen and oxygen atoms in total. The van der Waals surface area contributed by atoms with Crippen molar-refractivity contribution in [3.8, 4) is 0 Å². The zero-order chi connectivity index (χ0) is 28.9. The molecule has 0 atom stereocenters. The highest BCUT2D eigenvalue weighted by Gasteiger charge is 2.25. The summed E-state index contributed by atoms with van der Waals surface area (Å²) in [5.41, 5.74) is 4.56. The van der Waals surface area contributed by atoms with E-state index in [2.05, 4.69) is 28.8 Å². The molecule has 0 aliphatic heterocycles. The number of aromatic nitrogens is 1. The van der Waals surface area contributed by atoms with Crippen LogP contribution in [0.4, 0.5) is 0 Å². The van der Waals surface area contributed by atoms with E-state index in [0.717, 1.165) is 32.0 Å². The Hall–Kier alpha value is -3.36. The van der Waals surface area contributed by atoms with Crippen molar-refractivity contribution < 1.29 is 14.7 Å². The summed E-state index contributed by atoms with van der Waals surface area (Å²) in [6, 6.07) is 31.5. The smallest absolute Gasteiger partial charge is 0.358 e. The van der Waals surface area contributed by atoms with Gasteiger partial charge in [0.05, 0.1) is 4.58 Å². The first kappa shape index (κ1) is 29.1. The number of hydrogen-bond donors (Lipinski definition) is 1. The number of thioether (sulfide) groups is 2. The monoisotopic (exact) mass is 620 g/mol. The summed E-state index contributed by atoms with van der Waals surface area (Å²) >= 11 is 15.9. The van der Waals surface area contributed by atoms with Crippen LogP contribution in [-0.2, 0) is 16.2 Å². The number of halogens is 2. The van der Waals surface area contributed by atoms with Gasteiger partial charge in [0.15, 0.2) is 5.71 Å². The fourth-order valence-corrected chi connectivity index (χ4v) is 7.75. The minimum Gasteiger partial charge on any atom is -0.476 e. The Morgan fingerprint density at radius 1 is 0.878 bits per heavy atom. The minimum atomic E-state index is -1.15. The molecule has 0 unspecified atom stereocenters.